The van der Waals surface area contributed by atoms with E-state index in [1.807, 2.05) is 12.1 Å². The zero-order chi connectivity index (χ0) is 13.8. The van der Waals surface area contributed by atoms with Crippen molar-refractivity contribution in [2.24, 2.45) is 10.2 Å². The number of H-pyrrole nitrogens is 1. The largest absolute Gasteiger partial charge is 0.493 e. The first-order chi connectivity index (χ1) is 9.08. The number of aliphatic hydroxyl groups excluding tert-OH is 1. The highest BCUT2D eigenvalue weighted by atomic mass is 16.3. The van der Waals surface area contributed by atoms with Crippen LogP contribution in [0, 0.1) is 0 Å². The van der Waals surface area contributed by atoms with Crippen LogP contribution in [0.15, 0.2) is 34.5 Å². The highest BCUT2D eigenvalue weighted by Crippen LogP contribution is 2.35. The lowest BCUT2D eigenvalue weighted by Crippen LogP contribution is -2.02. The van der Waals surface area contributed by atoms with Crippen molar-refractivity contribution >= 4 is 22.5 Å². The zero-order valence-corrected chi connectivity index (χ0v) is 10.5. The molecule has 1 amide bonds. The van der Waals surface area contributed by atoms with Gasteiger partial charge in [0.25, 0.3) is 5.91 Å². The molecule has 0 bridgehead atoms. The second-order valence-corrected chi connectivity index (χ2v) is 4.35. The minimum atomic E-state index is -0.541. The SMILES string of the molecule is CC(O)CCC(=O)N=Nc1c(O)[nH]c2ccccc12. The minimum absolute atomic E-state index is 0.117. The summed E-state index contributed by atoms with van der Waals surface area (Å²) in [4.78, 5) is 14.2. The number of benzene rings is 1. The van der Waals surface area contributed by atoms with Gasteiger partial charge in [0.1, 0.15) is 0 Å². The van der Waals surface area contributed by atoms with Gasteiger partial charge in [-0.25, -0.2) is 0 Å². The van der Waals surface area contributed by atoms with E-state index in [-0.39, 0.29) is 18.0 Å². The van der Waals surface area contributed by atoms with Crippen molar-refractivity contribution in [2.45, 2.75) is 25.9 Å². The highest BCUT2D eigenvalue weighted by Gasteiger charge is 2.10. The number of carbonyl (C=O) groups excluding carboxylic acids is 1. The molecule has 1 aromatic carbocycles. The molecule has 0 aliphatic rings. The number of amides is 1. The molecule has 6 nitrogen and oxygen atoms in total. The van der Waals surface area contributed by atoms with E-state index in [0.29, 0.717) is 11.8 Å². The van der Waals surface area contributed by atoms with Gasteiger partial charge >= 0.3 is 0 Å². The highest BCUT2D eigenvalue weighted by molar-refractivity contribution is 5.94. The molecule has 0 saturated heterocycles. The number of aromatic nitrogens is 1. The number of aromatic hydroxyl groups is 1. The quantitative estimate of drug-likeness (QED) is 0.738. The smallest absolute Gasteiger partial charge is 0.264 e. The third kappa shape index (κ3) is 3.17. The number of aliphatic hydroxyl groups is 1. The van der Waals surface area contributed by atoms with Crippen molar-refractivity contribution in [3.63, 3.8) is 0 Å². The molecule has 100 valence electrons. The molecule has 0 radical (unpaired) electrons. The number of hydrogen-bond donors (Lipinski definition) is 3. The number of azo groups is 1. The number of aromatic amines is 1. The number of fused-ring (bicyclic) bond motifs is 1. The molecule has 6 heteroatoms. The van der Waals surface area contributed by atoms with Crippen LogP contribution in [0.5, 0.6) is 5.88 Å². The average Bonchev–Trinajstić information content (AvgIpc) is 2.69. The van der Waals surface area contributed by atoms with Crippen molar-refractivity contribution in [3.8, 4) is 5.88 Å². The minimum Gasteiger partial charge on any atom is -0.493 e. The van der Waals surface area contributed by atoms with Gasteiger partial charge in [0.05, 0.1) is 11.6 Å². The van der Waals surface area contributed by atoms with E-state index in [1.54, 1.807) is 19.1 Å². The molecule has 1 unspecified atom stereocenters. The number of nitrogens with one attached hydrogen (secondary N) is 1. The Kier molecular flexibility index (Phi) is 3.91. The fraction of sp³-hybridized carbons (Fsp3) is 0.308. The average molecular weight is 261 g/mol. The van der Waals surface area contributed by atoms with Crippen LogP contribution in [-0.4, -0.2) is 27.2 Å². The lowest BCUT2D eigenvalue weighted by molar-refractivity contribution is -0.118. The van der Waals surface area contributed by atoms with E-state index in [2.05, 4.69) is 15.2 Å². The summed E-state index contributed by atoms with van der Waals surface area (Å²) in [6.07, 6.45) is -0.0669. The Morgan fingerprint density at radius 1 is 1.42 bits per heavy atom. The topological polar surface area (TPSA) is 98.0 Å². The van der Waals surface area contributed by atoms with Gasteiger partial charge in [-0.3, -0.25) is 4.79 Å². The van der Waals surface area contributed by atoms with Crippen molar-refractivity contribution in [3.05, 3.63) is 24.3 Å². The fourth-order valence-corrected chi connectivity index (χ4v) is 1.70. The van der Waals surface area contributed by atoms with Gasteiger partial charge in [0.15, 0.2) is 5.69 Å². The van der Waals surface area contributed by atoms with Crippen LogP contribution in [0.3, 0.4) is 0 Å². The summed E-state index contributed by atoms with van der Waals surface area (Å²) >= 11 is 0. The van der Waals surface area contributed by atoms with Crippen LogP contribution >= 0.6 is 0 Å². The lowest BCUT2D eigenvalue weighted by atomic mass is 10.2. The second-order valence-electron chi connectivity index (χ2n) is 4.35. The Morgan fingerprint density at radius 3 is 2.89 bits per heavy atom. The van der Waals surface area contributed by atoms with Crippen LogP contribution in [-0.2, 0) is 4.79 Å². The second kappa shape index (κ2) is 5.62. The molecule has 3 N–H and O–H groups in total. The lowest BCUT2D eigenvalue weighted by Gasteiger charge is -1.98. The number of rotatable bonds is 4. The van der Waals surface area contributed by atoms with Gasteiger partial charge in [-0.05, 0) is 19.4 Å². The third-order valence-electron chi connectivity index (χ3n) is 2.70. The summed E-state index contributed by atoms with van der Waals surface area (Å²) in [5.41, 5.74) is 0.978. The number of carbonyl (C=O) groups is 1. The van der Waals surface area contributed by atoms with Crippen molar-refractivity contribution in [1.82, 2.24) is 4.98 Å². The Balaban J connectivity index is 2.17. The zero-order valence-electron chi connectivity index (χ0n) is 10.5. The predicted octanol–water partition coefficient (Wildman–Crippen LogP) is 2.64. The maximum Gasteiger partial charge on any atom is 0.264 e. The van der Waals surface area contributed by atoms with Gasteiger partial charge in [-0.1, -0.05) is 18.2 Å². The summed E-state index contributed by atoms with van der Waals surface area (Å²) < 4.78 is 0. The van der Waals surface area contributed by atoms with E-state index < -0.39 is 12.0 Å². The van der Waals surface area contributed by atoms with Crippen LogP contribution in [0.25, 0.3) is 10.9 Å². The maximum absolute atomic E-state index is 11.4. The normalized spacial score (nSPS) is 13.2. The molecule has 2 rings (SSSR count). The molecule has 0 spiro atoms. The molecular weight excluding hydrogens is 246 g/mol. The first-order valence-electron chi connectivity index (χ1n) is 6.00. The van der Waals surface area contributed by atoms with E-state index >= 15 is 0 Å². The number of hydrogen-bond acceptors (Lipinski definition) is 4. The number of para-hydroxylation sites is 1. The van der Waals surface area contributed by atoms with Gasteiger partial charge in [0.2, 0.25) is 5.88 Å². The van der Waals surface area contributed by atoms with Crippen molar-refractivity contribution in [1.29, 1.82) is 0 Å². The Labute approximate surface area is 109 Å². The maximum atomic E-state index is 11.4. The Hall–Kier alpha value is -2.21. The first kappa shape index (κ1) is 13.2. The van der Waals surface area contributed by atoms with Crippen LogP contribution < -0.4 is 0 Å². The molecule has 0 aliphatic carbocycles. The Bertz CT molecular complexity index is 617. The van der Waals surface area contributed by atoms with Crippen molar-refractivity contribution < 1.29 is 15.0 Å². The van der Waals surface area contributed by atoms with Crippen LogP contribution in [0.2, 0.25) is 0 Å². The summed E-state index contributed by atoms with van der Waals surface area (Å²) in [6.45, 7) is 1.61. The van der Waals surface area contributed by atoms with E-state index in [1.165, 1.54) is 0 Å². The third-order valence-corrected chi connectivity index (χ3v) is 2.70. The number of nitrogens with zero attached hydrogens (tertiary/aromatic N) is 2. The van der Waals surface area contributed by atoms with E-state index in [4.69, 9.17) is 5.11 Å². The molecule has 0 aliphatic heterocycles. The van der Waals surface area contributed by atoms with Gasteiger partial charge in [0, 0.05) is 11.8 Å². The van der Waals surface area contributed by atoms with Crippen molar-refractivity contribution in [2.75, 3.05) is 0 Å². The molecule has 1 atom stereocenters. The molecule has 1 aromatic heterocycles. The monoisotopic (exact) mass is 261 g/mol. The Morgan fingerprint density at radius 2 is 2.16 bits per heavy atom. The van der Waals surface area contributed by atoms with Crippen LogP contribution in [0.1, 0.15) is 19.8 Å². The molecule has 1 heterocycles. The molecular formula is C13H15N3O3. The van der Waals surface area contributed by atoms with Crippen LogP contribution in [0.4, 0.5) is 5.69 Å². The van der Waals surface area contributed by atoms with Gasteiger partial charge < -0.3 is 15.2 Å². The van der Waals surface area contributed by atoms with E-state index in [9.17, 15) is 9.90 Å². The molecule has 19 heavy (non-hydrogen) atoms. The fourth-order valence-electron chi connectivity index (χ4n) is 1.70. The summed E-state index contributed by atoms with van der Waals surface area (Å²) in [5.74, 6) is -0.543. The van der Waals surface area contributed by atoms with E-state index in [0.717, 1.165) is 5.52 Å². The summed E-state index contributed by atoms with van der Waals surface area (Å²) in [5, 5.41) is 26.8. The predicted molar refractivity (Wildman–Crippen MR) is 70.4 cm³/mol. The first-order valence-corrected chi connectivity index (χ1v) is 6.00. The molecule has 0 fully saturated rings. The molecule has 0 saturated carbocycles. The standard InChI is InChI=1S/C13H15N3O3/c1-8(17)6-7-11(18)15-16-12-9-4-2-3-5-10(9)14-13(12)19/h2-5,8,14,17,19H,6-7H2,1H3. The van der Waals surface area contributed by atoms with Gasteiger partial charge in [-0.15, -0.1) is 10.2 Å². The molecule has 2 aromatic rings. The summed E-state index contributed by atoms with van der Waals surface area (Å²) in [6, 6.07) is 7.21. The summed E-state index contributed by atoms with van der Waals surface area (Å²) in [7, 11) is 0. The van der Waals surface area contributed by atoms with Gasteiger partial charge in [-0.2, -0.15) is 0 Å².